The number of hydrogen-bond acceptors (Lipinski definition) is 4. The van der Waals surface area contributed by atoms with E-state index >= 15 is 0 Å². The molecule has 0 bridgehead atoms. The summed E-state index contributed by atoms with van der Waals surface area (Å²) in [7, 11) is 1.37. The molecule has 0 aliphatic heterocycles. The average molecular weight is 625 g/mol. The van der Waals surface area contributed by atoms with Crippen molar-refractivity contribution in [1.29, 1.82) is 0 Å². The van der Waals surface area contributed by atoms with Gasteiger partial charge in [0.25, 0.3) is 0 Å². The Kier molecular flexibility index (Phi) is 9.34. The summed E-state index contributed by atoms with van der Waals surface area (Å²) < 4.78 is 6.80. The Bertz CT molecular complexity index is 1720. The van der Waals surface area contributed by atoms with E-state index in [2.05, 4.69) is 58.4 Å². The highest BCUT2D eigenvalue weighted by molar-refractivity contribution is 6.43. The lowest BCUT2D eigenvalue weighted by atomic mass is 9.83. The molecule has 1 saturated carbocycles. The van der Waals surface area contributed by atoms with Gasteiger partial charge in [-0.3, -0.25) is 4.79 Å². The smallest absolute Gasteiger partial charge is 0.325 e. The van der Waals surface area contributed by atoms with Crippen molar-refractivity contribution in [3.05, 3.63) is 124 Å². The molecule has 1 heterocycles. The zero-order valence-electron chi connectivity index (χ0n) is 24.7. The maximum atomic E-state index is 11.5. The number of nitrogens with zero attached hydrogens (tertiary/aromatic N) is 2. The minimum absolute atomic E-state index is 0.101. The van der Waals surface area contributed by atoms with Crippen LogP contribution in [0.2, 0.25) is 10.0 Å². The molecule has 5 aromatic rings. The van der Waals surface area contributed by atoms with Crippen molar-refractivity contribution in [2.75, 3.05) is 19.0 Å². The molecule has 0 atom stereocenters. The highest BCUT2D eigenvalue weighted by Gasteiger charge is 2.17. The van der Waals surface area contributed by atoms with Crippen molar-refractivity contribution >= 4 is 34.9 Å². The van der Waals surface area contributed by atoms with E-state index in [1.165, 1.54) is 55.9 Å². The number of nitrogens with one attached hydrogen (secondary N) is 1. The van der Waals surface area contributed by atoms with Crippen LogP contribution in [0, 0.1) is 0 Å². The predicted molar refractivity (Wildman–Crippen MR) is 180 cm³/mol. The number of anilines is 1. The van der Waals surface area contributed by atoms with Gasteiger partial charge in [-0.05, 0) is 71.3 Å². The van der Waals surface area contributed by atoms with E-state index in [1.807, 2.05) is 42.6 Å². The first-order valence-corrected chi connectivity index (χ1v) is 15.9. The molecule has 0 radical (unpaired) electrons. The maximum Gasteiger partial charge on any atom is 0.325 e. The number of carbonyl (C=O) groups excluding carboxylic acids is 1. The van der Waals surface area contributed by atoms with Crippen LogP contribution in [0.15, 0.2) is 97.2 Å². The van der Waals surface area contributed by atoms with Crippen LogP contribution in [0.25, 0.3) is 28.1 Å². The third-order valence-corrected chi connectivity index (χ3v) is 9.27. The molecule has 0 unspecified atom stereocenters. The van der Waals surface area contributed by atoms with Gasteiger partial charge in [0.15, 0.2) is 0 Å². The van der Waals surface area contributed by atoms with E-state index in [-0.39, 0.29) is 12.5 Å². The molecule has 0 spiro atoms. The summed E-state index contributed by atoms with van der Waals surface area (Å²) >= 11 is 12.9. The van der Waals surface area contributed by atoms with E-state index in [4.69, 9.17) is 32.9 Å². The van der Waals surface area contributed by atoms with Crippen molar-refractivity contribution < 1.29 is 9.53 Å². The van der Waals surface area contributed by atoms with Gasteiger partial charge in [-0.25, -0.2) is 4.98 Å². The lowest BCUT2D eigenvalue weighted by Gasteiger charge is -2.22. The Morgan fingerprint density at radius 3 is 2.25 bits per heavy atom. The summed E-state index contributed by atoms with van der Waals surface area (Å²) in [6.45, 7) is 0.101. The first kappa shape index (κ1) is 30.0. The van der Waals surface area contributed by atoms with Crippen LogP contribution in [0.3, 0.4) is 0 Å². The van der Waals surface area contributed by atoms with Crippen molar-refractivity contribution in [1.82, 2.24) is 9.55 Å². The SMILES string of the molecule is COC(=O)CNc1ccc(-n2cc(-c3cccc(Cl)c3Cl)nc2Cc2ccc(-c3ccc(C4CCCCC4)cc3)cc2)cc1. The molecular formula is C37H35Cl2N3O2. The van der Waals surface area contributed by atoms with Crippen LogP contribution in [0.4, 0.5) is 5.69 Å². The molecule has 1 aromatic heterocycles. The Labute approximate surface area is 268 Å². The number of hydrogen-bond donors (Lipinski definition) is 1. The normalized spacial score (nSPS) is 13.5. The lowest BCUT2D eigenvalue weighted by molar-refractivity contribution is -0.138. The summed E-state index contributed by atoms with van der Waals surface area (Å²) in [5, 5.41) is 4.05. The highest BCUT2D eigenvalue weighted by atomic mass is 35.5. The summed E-state index contributed by atoms with van der Waals surface area (Å²) in [6, 6.07) is 31.3. The van der Waals surface area contributed by atoms with Crippen LogP contribution in [0.5, 0.6) is 0 Å². The van der Waals surface area contributed by atoms with E-state index in [0.717, 1.165) is 34.0 Å². The van der Waals surface area contributed by atoms with E-state index in [9.17, 15) is 4.79 Å². The molecule has 44 heavy (non-hydrogen) atoms. The van der Waals surface area contributed by atoms with Crippen molar-refractivity contribution in [2.24, 2.45) is 0 Å². The Morgan fingerprint density at radius 1 is 0.886 bits per heavy atom. The number of rotatable bonds is 9. The fraction of sp³-hybridized carbons (Fsp3) is 0.243. The zero-order chi connectivity index (χ0) is 30.5. The van der Waals surface area contributed by atoms with Gasteiger partial charge in [-0.15, -0.1) is 0 Å². The van der Waals surface area contributed by atoms with Crippen LogP contribution < -0.4 is 5.32 Å². The summed E-state index contributed by atoms with van der Waals surface area (Å²) in [5.41, 5.74) is 8.35. The van der Waals surface area contributed by atoms with Crippen molar-refractivity contribution in [3.8, 4) is 28.1 Å². The fourth-order valence-corrected chi connectivity index (χ4v) is 6.36. The molecule has 1 aliphatic rings. The molecule has 1 aliphatic carbocycles. The number of methoxy groups -OCH3 is 1. The molecule has 224 valence electrons. The number of halogens is 2. The summed E-state index contributed by atoms with van der Waals surface area (Å²) in [4.78, 5) is 16.6. The Morgan fingerprint density at radius 2 is 1.57 bits per heavy atom. The lowest BCUT2D eigenvalue weighted by Crippen LogP contribution is -2.14. The van der Waals surface area contributed by atoms with Gasteiger partial charge in [0.1, 0.15) is 12.4 Å². The predicted octanol–water partition coefficient (Wildman–Crippen LogP) is 9.74. The standard InChI is InChI=1S/C37H35Cl2N3O2/c1-44-36(43)23-40-30-18-20-31(21-19-30)42-24-34(32-8-5-9-33(38)37(32)39)41-35(42)22-25-10-12-27(13-11-25)29-16-14-28(15-17-29)26-6-3-2-4-7-26/h5,8-21,24,26,40H,2-4,6-7,22-23H2,1H3. The van der Waals surface area contributed by atoms with Crippen molar-refractivity contribution in [3.63, 3.8) is 0 Å². The minimum Gasteiger partial charge on any atom is -0.468 e. The van der Waals surface area contributed by atoms with E-state index in [0.29, 0.717) is 22.4 Å². The third kappa shape index (κ3) is 6.85. The summed E-state index contributed by atoms with van der Waals surface area (Å²) in [5.74, 6) is 1.26. The highest BCUT2D eigenvalue weighted by Crippen LogP contribution is 2.35. The first-order chi connectivity index (χ1) is 21.5. The monoisotopic (exact) mass is 623 g/mol. The molecule has 1 fully saturated rings. The number of imidazole rings is 1. The van der Waals surface area contributed by atoms with Gasteiger partial charge in [-0.1, -0.05) is 103 Å². The molecular weight excluding hydrogens is 589 g/mol. The van der Waals surface area contributed by atoms with Crippen LogP contribution in [-0.2, 0) is 16.0 Å². The fourth-order valence-electron chi connectivity index (χ4n) is 5.97. The molecule has 5 nitrogen and oxygen atoms in total. The zero-order valence-corrected chi connectivity index (χ0v) is 26.2. The number of aromatic nitrogens is 2. The number of ether oxygens (including phenoxy) is 1. The van der Waals surface area contributed by atoms with Gasteiger partial charge in [0, 0.05) is 29.6 Å². The van der Waals surface area contributed by atoms with Gasteiger partial charge in [0.05, 0.1) is 22.8 Å². The molecule has 0 amide bonds. The Hall–Kier alpha value is -4.06. The Balaban J connectivity index is 1.25. The van der Waals surface area contributed by atoms with Crippen LogP contribution in [-0.4, -0.2) is 29.2 Å². The molecule has 7 heteroatoms. The largest absolute Gasteiger partial charge is 0.468 e. The molecule has 6 rings (SSSR count). The molecule has 1 N–H and O–H groups in total. The second-order valence-corrected chi connectivity index (χ2v) is 12.1. The molecule has 4 aromatic carbocycles. The maximum absolute atomic E-state index is 11.5. The van der Waals surface area contributed by atoms with Crippen molar-refractivity contribution in [2.45, 2.75) is 44.4 Å². The van der Waals surface area contributed by atoms with Gasteiger partial charge in [0.2, 0.25) is 0 Å². The van der Waals surface area contributed by atoms with Gasteiger partial charge in [-0.2, -0.15) is 0 Å². The second-order valence-electron chi connectivity index (χ2n) is 11.3. The van der Waals surface area contributed by atoms with Crippen LogP contribution in [0.1, 0.15) is 55.0 Å². The van der Waals surface area contributed by atoms with E-state index < -0.39 is 0 Å². The number of esters is 1. The third-order valence-electron chi connectivity index (χ3n) is 8.45. The van der Waals surface area contributed by atoms with Gasteiger partial charge >= 0.3 is 5.97 Å². The minimum atomic E-state index is -0.323. The van der Waals surface area contributed by atoms with Gasteiger partial charge < -0.3 is 14.6 Å². The summed E-state index contributed by atoms with van der Waals surface area (Å²) in [6.07, 6.45) is 9.31. The number of benzene rings is 4. The molecule has 0 saturated heterocycles. The van der Waals surface area contributed by atoms with E-state index in [1.54, 1.807) is 6.07 Å². The second kappa shape index (κ2) is 13.7. The van der Waals surface area contributed by atoms with Crippen LogP contribution >= 0.6 is 23.2 Å². The topological polar surface area (TPSA) is 56.1 Å². The first-order valence-electron chi connectivity index (χ1n) is 15.1. The quantitative estimate of drug-likeness (QED) is 0.166. The number of carbonyl (C=O) groups is 1. The average Bonchev–Trinajstić information content (AvgIpc) is 3.49.